The highest BCUT2D eigenvalue weighted by Crippen LogP contribution is 2.60. The minimum Gasteiger partial charge on any atom is -0.480 e. The first-order valence-electron chi connectivity index (χ1n) is 6.91. The maximum absolute atomic E-state index is 12.9. The standard InChI is InChI=1S/C15H18F3NO2/c16-15(17,18)14(7-8-14)10-12(13(20)21)19-9-6-11-4-2-1-3-5-11/h1-5,12,19H,6-10H2,(H,20,21)/t12-/m1/s1. The molecule has 116 valence electrons. The molecule has 0 aliphatic heterocycles. The van der Waals surface area contributed by atoms with Crippen LogP contribution in [-0.2, 0) is 11.2 Å². The van der Waals surface area contributed by atoms with Crippen LogP contribution in [0, 0.1) is 5.41 Å². The van der Waals surface area contributed by atoms with Gasteiger partial charge >= 0.3 is 12.1 Å². The van der Waals surface area contributed by atoms with Gasteiger partial charge in [0.15, 0.2) is 0 Å². The lowest BCUT2D eigenvalue weighted by molar-refractivity contribution is -0.191. The van der Waals surface area contributed by atoms with Crippen molar-refractivity contribution in [1.29, 1.82) is 0 Å². The van der Waals surface area contributed by atoms with Crippen LogP contribution in [-0.4, -0.2) is 29.8 Å². The molecule has 21 heavy (non-hydrogen) atoms. The molecule has 1 aromatic rings. The molecule has 1 aliphatic rings. The Morgan fingerprint density at radius 1 is 1.29 bits per heavy atom. The predicted octanol–water partition coefficient (Wildman–Crippen LogP) is 3.00. The number of carboxylic acids is 1. The van der Waals surface area contributed by atoms with E-state index in [4.69, 9.17) is 5.11 Å². The molecule has 0 bridgehead atoms. The van der Waals surface area contributed by atoms with Crippen LogP contribution in [0.4, 0.5) is 13.2 Å². The zero-order chi connectivity index (χ0) is 15.5. The topological polar surface area (TPSA) is 49.3 Å². The van der Waals surface area contributed by atoms with Gasteiger partial charge < -0.3 is 10.4 Å². The van der Waals surface area contributed by atoms with Gasteiger partial charge in [0.25, 0.3) is 0 Å². The van der Waals surface area contributed by atoms with E-state index >= 15 is 0 Å². The molecule has 0 unspecified atom stereocenters. The van der Waals surface area contributed by atoms with E-state index in [1.807, 2.05) is 30.3 Å². The third-order valence-corrected chi connectivity index (χ3v) is 4.00. The van der Waals surface area contributed by atoms with Crippen molar-refractivity contribution < 1.29 is 23.1 Å². The minimum atomic E-state index is -4.32. The van der Waals surface area contributed by atoms with Crippen molar-refractivity contribution in [3.8, 4) is 0 Å². The van der Waals surface area contributed by atoms with Crippen molar-refractivity contribution in [3.63, 3.8) is 0 Å². The van der Waals surface area contributed by atoms with Gasteiger partial charge in [0.05, 0.1) is 5.41 Å². The monoisotopic (exact) mass is 301 g/mol. The number of hydrogen-bond acceptors (Lipinski definition) is 2. The first-order valence-corrected chi connectivity index (χ1v) is 6.91. The SMILES string of the molecule is O=C(O)[C@@H](CC1(C(F)(F)F)CC1)NCCc1ccccc1. The Morgan fingerprint density at radius 3 is 2.38 bits per heavy atom. The molecule has 0 saturated heterocycles. The lowest BCUT2D eigenvalue weighted by atomic mass is 9.96. The second-order valence-corrected chi connectivity index (χ2v) is 5.56. The number of alkyl halides is 3. The predicted molar refractivity (Wildman–Crippen MR) is 71.9 cm³/mol. The van der Waals surface area contributed by atoms with Gasteiger partial charge in [-0.2, -0.15) is 13.2 Å². The van der Waals surface area contributed by atoms with Crippen molar-refractivity contribution in [3.05, 3.63) is 35.9 Å². The molecular weight excluding hydrogens is 283 g/mol. The number of carboxylic acid groups (broad SMARTS) is 1. The molecule has 0 amide bonds. The largest absolute Gasteiger partial charge is 0.480 e. The number of benzene rings is 1. The summed E-state index contributed by atoms with van der Waals surface area (Å²) in [6.07, 6.45) is -4.06. The summed E-state index contributed by atoms with van der Waals surface area (Å²) in [6.45, 7) is 0.342. The fourth-order valence-corrected chi connectivity index (χ4v) is 2.43. The van der Waals surface area contributed by atoms with E-state index < -0.39 is 23.6 Å². The molecule has 0 radical (unpaired) electrons. The third-order valence-electron chi connectivity index (χ3n) is 4.00. The second-order valence-electron chi connectivity index (χ2n) is 5.56. The molecule has 1 aromatic carbocycles. The van der Waals surface area contributed by atoms with Crippen LogP contribution < -0.4 is 5.32 Å². The Kier molecular flexibility index (Phi) is 4.56. The quantitative estimate of drug-likeness (QED) is 0.814. The third kappa shape index (κ3) is 3.97. The lowest BCUT2D eigenvalue weighted by Crippen LogP contribution is -2.42. The highest BCUT2D eigenvalue weighted by atomic mass is 19.4. The number of rotatable bonds is 7. The Balaban J connectivity index is 1.87. The number of carbonyl (C=O) groups is 1. The fraction of sp³-hybridized carbons (Fsp3) is 0.533. The van der Waals surface area contributed by atoms with Crippen LogP contribution in [0.3, 0.4) is 0 Å². The van der Waals surface area contributed by atoms with Crippen LogP contribution in [0.25, 0.3) is 0 Å². The second kappa shape index (κ2) is 6.05. The van der Waals surface area contributed by atoms with E-state index in [-0.39, 0.29) is 19.3 Å². The molecule has 6 heteroatoms. The molecule has 1 aliphatic carbocycles. The molecule has 0 spiro atoms. The van der Waals surface area contributed by atoms with Crippen LogP contribution in [0.2, 0.25) is 0 Å². The first-order chi connectivity index (χ1) is 9.84. The summed E-state index contributed by atoms with van der Waals surface area (Å²) in [5.74, 6) is -1.22. The average molecular weight is 301 g/mol. The lowest BCUT2D eigenvalue weighted by Gasteiger charge is -2.23. The normalized spacial score (nSPS) is 18.2. The highest BCUT2D eigenvalue weighted by Gasteiger charge is 2.63. The van der Waals surface area contributed by atoms with Crippen molar-refractivity contribution in [1.82, 2.24) is 5.32 Å². The summed E-state index contributed by atoms with van der Waals surface area (Å²) in [5, 5.41) is 11.8. The maximum atomic E-state index is 12.9. The fourth-order valence-electron chi connectivity index (χ4n) is 2.43. The molecule has 1 atom stereocenters. The van der Waals surface area contributed by atoms with Crippen molar-refractivity contribution in [2.75, 3.05) is 6.54 Å². The van der Waals surface area contributed by atoms with E-state index in [9.17, 15) is 18.0 Å². The van der Waals surface area contributed by atoms with Gasteiger partial charge in [-0.25, -0.2) is 0 Å². The van der Waals surface area contributed by atoms with Gasteiger partial charge in [-0.05, 0) is 37.8 Å². The van der Waals surface area contributed by atoms with Crippen LogP contribution >= 0.6 is 0 Å². The number of halogens is 3. The Morgan fingerprint density at radius 2 is 1.90 bits per heavy atom. The Hall–Kier alpha value is -1.56. The summed E-state index contributed by atoms with van der Waals surface area (Å²) >= 11 is 0. The zero-order valence-electron chi connectivity index (χ0n) is 11.5. The van der Waals surface area contributed by atoms with Crippen molar-refractivity contribution in [2.45, 2.75) is 37.9 Å². The summed E-state index contributed by atoms with van der Waals surface area (Å²) in [4.78, 5) is 11.1. The van der Waals surface area contributed by atoms with E-state index in [2.05, 4.69) is 5.32 Å². The molecular formula is C15H18F3NO2. The smallest absolute Gasteiger partial charge is 0.394 e. The molecule has 1 fully saturated rings. The molecule has 2 N–H and O–H groups in total. The van der Waals surface area contributed by atoms with Gasteiger partial charge in [-0.3, -0.25) is 4.79 Å². The van der Waals surface area contributed by atoms with Crippen LogP contribution in [0.15, 0.2) is 30.3 Å². The van der Waals surface area contributed by atoms with Gasteiger partial charge in [-0.1, -0.05) is 30.3 Å². The molecule has 0 heterocycles. The zero-order valence-corrected chi connectivity index (χ0v) is 11.5. The highest BCUT2D eigenvalue weighted by molar-refractivity contribution is 5.73. The number of nitrogens with one attached hydrogen (secondary N) is 1. The van der Waals surface area contributed by atoms with E-state index in [0.29, 0.717) is 13.0 Å². The van der Waals surface area contributed by atoms with E-state index in [1.54, 1.807) is 0 Å². The van der Waals surface area contributed by atoms with Crippen molar-refractivity contribution in [2.24, 2.45) is 5.41 Å². The Labute approximate surface area is 121 Å². The number of hydrogen-bond donors (Lipinski definition) is 2. The summed E-state index contributed by atoms with van der Waals surface area (Å²) in [5.41, 5.74) is -0.776. The minimum absolute atomic E-state index is 0.0284. The molecule has 3 nitrogen and oxygen atoms in total. The van der Waals surface area contributed by atoms with Crippen molar-refractivity contribution >= 4 is 5.97 Å². The maximum Gasteiger partial charge on any atom is 0.394 e. The molecule has 1 saturated carbocycles. The van der Waals surface area contributed by atoms with Crippen LogP contribution in [0.5, 0.6) is 0 Å². The molecule has 2 rings (SSSR count). The van der Waals surface area contributed by atoms with E-state index in [1.165, 1.54) is 0 Å². The van der Waals surface area contributed by atoms with Crippen LogP contribution in [0.1, 0.15) is 24.8 Å². The summed E-state index contributed by atoms with van der Waals surface area (Å²) in [6, 6.07) is 8.25. The van der Waals surface area contributed by atoms with Gasteiger partial charge in [0, 0.05) is 0 Å². The van der Waals surface area contributed by atoms with Gasteiger partial charge in [0.1, 0.15) is 6.04 Å². The summed E-state index contributed by atoms with van der Waals surface area (Å²) < 4.78 is 38.7. The summed E-state index contributed by atoms with van der Waals surface area (Å²) in [7, 11) is 0. The first kappa shape index (κ1) is 15.8. The van der Waals surface area contributed by atoms with E-state index in [0.717, 1.165) is 5.56 Å². The number of aliphatic carboxylic acids is 1. The van der Waals surface area contributed by atoms with Gasteiger partial charge in [-0.15, -0.1) is 0 Å². The molecule has 0 aromatic heterocycles. The average Bonchev–Trinajstić information content (AvgIpc) is 3.19. The Bertz CT molecular complexity index is 483. The van der Waals surface area contributed by atoms with Gasteiger partial charge in [0.2, 0.25) is 0 Å².